The van der Waals surface area contributed by atoms with Gasteiger partial charge in [0.25, 0.3) is 0 Å². The number of aromatic nitrogens is 2. The minimum Gasteiger partial charge on any atom is -0.493 e. The van der Waals surface area contributed by atoms with E-state index in [4.69, 9.17) is 4.74 Å². The molecule has 0 aliphatic heterocycles. The maximum atomic E-state index is 5.65. The molecule has 0 N–H and O–H groups in total. The molecule has 0 spiro atoms. The highest BCUT2D eigenvalue weighted by atomic mass is 32.2. The van der Waals surface area contributed by atoms with Gasteiger partial charge >= 0.3 is 0 Å². The van der Waals surface area contributed by atoms with Crippen LogP contribution in [0.1, 0.15) is 10.6 Å². The molecule has 0 radical (unpaired) electrons. The Labute approximate surface area is 109 Å². The monoisotopic (exact) mass is 266 g/mol. The zero-order valence-corrected chi connectivity index (χ0v) is 11.5. The minimum absolute atomic E-state index is 0.687. The van der Waals surface area contributed by atoms with Crippen LogP contribution in [-0.2, 0) is 0 Å². The fourth-order valence-electron chi connectivity index (χ4n) is 1.33. The van der Waals surface area contributed by atoms with Crippen molar-refractivity contribution in [3.05, 3.63) is 34.8 Å². The van der Waals surface area contributed by atoms with Crippen molar-refractivity contribution in [1.82, 2.24) is 10.2 Å². The molecular formula is C12H14N2OS2. The number of ether oxygens (including phenoxy) is 1. The first-order valence-electron chi connectivity index (χ1n) is 5.36. The third kappa shape index (κ3) is 4.02. The van der Waals surface area contributed by atoms with Gasteiger partial charge in [-0.2, -0.15) is 0 Å². The Morgan fingerprint density at radius 3 is 2.88 bits per heavy atom. The Hall–Kier alpha value is -1.07. The van der Waals surface area contributed by atoms with E-state index in [1.54, 1.807) is 23.1 Å². The topological polar surface area (TPSA) is 35.0 Å². The molecule has 5 heteroatoms. The van der Waals surface area contributed by atoms with Gasteiger partial charge in [-0.05, 0) is 31.5 Å². The van der Waals surface area contributed by atoms with Crippen LogP contribution < -0.4 is 4.74 Å². The van der Waals surface area contributed by atoms with Crippen LogP contribution in [0.2, 0.25) is 0 Å². The lowest BCUT2D eigenvalue weighted by Crippen LogP contribution is -1.99. The number of nitrogens with zero attached hydrogens (tertiary/aromatic N) is 2. The summed E-state index contributed by atoms with van der Waals surface area (Å²) in [5.41, 5.74) is 1.22. The van der Waals surface area contributed by atoms with Crippen LogP contribution in [0.15, 0.2) is 28.6 Å². The lowest BCUT2D eigenvalue weighted by molar-refractivity contribution is 0.343. The van der Waals surface area contributed by atoms with E-state index in [9.17, 15) is 0 Å². The van der Waals surface area contributed by atoms with Gasteiger partial charge in [-0.15, -0.1) is 10.2 Å². The molecule has 0 fully saturated rings. The van der Waals surface area contributed by atoms with E-state index in [-0.39, 0.29) is 0 Å². The minimum atomic E-state index is 0.687. The predicted octanol–water partition coefficient (Wildman–Crippen LogP) is 3.33. The van der Waals surface area contributed by atoms with Gasteiger partial charge in [0.15, 0.2) is 4.34 Å². The molecule has 1 aromatic heterocycles. The molecule has 0 bridgehead atoms. The van der Waals surface area contributed by atoms with Crippen LogP contribution in [0.4, 0.5) is 0 Å². The van der Waals surface area contributed by atoms with Gasteiger partial charge in [0.05, 0.1) is 6.61 Å². The van der Waals surface area contributed by atoms with E-state index in [2.05, 4.69) is 23.2 Å². The summed E-state index contributed by atoms with van der Waals surface area (Å²) in [7, 11) is 0. The normalized spacial score (nSPS) is 10.5. The van der Waals surface area contributed by atoms with Crippen molar-refractivity contribution in [2.45, 2.75) is 18.2 Å². The summed E-state index contributed by atoms with van der Waals surface area (Å²) in [5, 5.41) is 9.03. The van der Waals surface area contributed by atoms with Crippen molar-refractivity contribution in [2.75, 3.05) is 12.4 Å². The Balaban J connectivity index is 1.73. The van der Waals surface area contributed by atoms with Gasteiger partial charge in [-0.3, -0.25) is 0 Å². The van der Waals surface area contributed by atoms with Crippen molar-refractivity contribution in [3.8, 4) is 5.75 Å². The second kappa shape index (κ2) is 6.02. The third-order valence-corrected chi connectivity index (χ3v) is 4.01. The first-order valence-corrected chi connectivity index (χ1v) is 7.16. The molecule has 90 valence electrons. The molecule has 0 saturated carbocycles. The molecule has 0 atom stereocenters. The first kappa shape index (κ1) is 12.4. The highest BCUT2D eigenvalue weighted by molar-refractivity contribution is 8.01. The van der Waals surface area contributed by atoms with E-state index in [1.807, 2.05) is 25.1 Å². The molecule has 0 aliphatic carbocycles. The maximum Gasteiger partial charge on any atom is 0.174 e. The number of rotatable bonds is 5. The molecule has 0 unspecified atom stereocenters. The zero-order chi connectivity index (χ0) is 12.1. The number of hydrogen-bond acceptors (Lipinski definition) is 5. The van der Waals surface area contributed by atoms with Crippen molar-refractivity contribution in [2.24, 2.45) is 0 Å². The van der Waals surface area contributed by atoms with E-state index >= 15 is 0 Å². The van der Waals surface area contributed by atoms with Crippen molar-refractivity contribution >= 4 is 23.1 Å². The Bertz CT molecular complexity index is 485. The summed E-state index contributed by atoms with van der Waals surface area (Å²) in [5.74, 6) is 1.82. The number of aryl methyl sites for hydroxylation is 2. The van der Waals surface area contributed by atoms with Gasteiger partial charge in [0, 0.05) is 5.75 Å². The Kier molecular flexibility index (Phi) is 4.39. The lowest BCUT2D eigenvalue weighted by atomic mass is 10.2. The van der Waals surface area contributed by atoms with Crippen LogP contribution in [-0.4, -0.2) is 22.6 Å². The molecule has 1 aromatic carbocycles. The average molecular weight is 266 g/mol. The molecule has 0 saturated heterocycles. The average Bonchev–Trinajstić information content (AvgIpc) is 2.71. The zero-order valence-electron chi connectivity index (χ0n) is 9.84. The number of thioether (sulfide) groups is 1. The highest BCUT2D eigenvalue weighted by Gasteiger charge is 2.01. The molecule has 1 heterocycles. The standard InChI is InChI=1S/C12H14N2OS2/c1-9-4-3-5-11(8-9)15-6-7-16-12-14-13-10(2)17-12/h3-5,8H,6-7H2,1-2H3. The van der Waals surface area contributed by atoms with Gasteiger partial charge < -0.3 is 4.74 Å². The van der Waals surface area contributed by atoms with E-state index in [0.29, 0.717) is 6.61 Å². The van der Waals surface area contributed by atoms with Crippen LogP contribution in [0.25, 0.3) is 0 Å². The van der Waals surface area contributed by atoms with E-state index in [1.165, 1.54) is 5.56 Å². The largest absolute Gasteiger partial charge is 0.493 e. The van der Waals surface area contributed by atoms with Crippen molar-refractivity contribution in [1.29, 1.82) is 0 Å². The van der Waals surface area contributed by atoms with Gasteiger partial charge in [0.2, 0.25) is 0 Å². The summed E-state index contributed by atoms with van der Waals surface area (Å²) >= 11 is 3.31. The second-order valence-electron chi connectivity index (χ2n) is 3.60. The quantitative estimate of drug-likeness (QED) is 0.614. The van der Waals surface area contributed by atoms with Crippen LogP contribution in [0.3, 0.4) is 0 Å². The summed E-state index contributed by atoms with van der Waals surface area (Å²) in [6, 6.07) is 8.09. The predicted molar refractivity (Wildman–Crippen MR) is 72.0 cm³/mol. The lowest BCUT2D eigenvalue weighted by Gasteiger charge is -2.05. The Morgan fingerprint density at radius 2 is 2.18 bits per heavy atom. The summed E-state index contributed by atoms with van der Waals surface area (Å²) in [4.78, 5) is 0. The van der Waals surface area contributed by atoms with Gasteiger partial charge in [-0.1, -0.05) is 35.2 Å². The van der Waals surface area contributed by atoms with Gasteiger partial charge in [-0.25, -0.2) is 0 Å². The highest BCUT2D eigenvalue weighted by Crippen LogP contribution is 2.21. The van der Waals surface area contributed by atoms with Crippen LogP contribution in [0.5, 0.6) is 5.75 Å². The molecule has 0 aliphatic rings. The fraction of sp³-hybridized carbons (Fsp3) is 0.333. The van der Waals surface area contributed by atoms with E-state index in [0.717, 1.165) is 20.8 Å². The maximum absolute atomic E-state index is 5.65. The molecule has 2 aromatic rings. The Morgan fingerprint density at radius 1 is 1.29 bits per heavy atom. The summed E-state index contributed by atoms with van der Waals surface area (Å²) < 4.78 is 6.66. The molecule has 2 rings (SSSR count). The number of hydrogen-bond donors (Lipinski definition) is 0. The smallest absolute Gasteiger partial charge is 0.174 e. The van der Waals surface area contributed by atoms with Crippen molar-refractivity contribution in [3.63, 3.8) is 0 Å². The second-order valence-corrected chi connectivity index (χ2v) is 6.12. The number of benzene rings is 1. The molecule has 17 heavy (non-hydrogen) atoms. The van der Waals surface area contributed by atoms with Crippen LogP contribution in [0, 0.1) is 13.8 Å². The van der Waals surface area contributed by atoms with E-state index < -0.39 is 0 Å². The first-order chi connectivity index (χ1) is 8.24. The molecule has 0 amide bonds. The molecule has 3 nitrogen and oxygen atoms in total. The SMILES string of the molecule is Cc1cccc(OCCSc2nnc(C)s2)c1. The third-order valence-electron chi connectivity index (χ3n) is 2.07. The molecular weight excluding hydrogens is 252 g/mol. The summed E-state index contributed by atoms with van der Waals surface area (Å²) in [6.07, 6.45) is 0. The van der Waals surface area contributed by atoms with Gasteiger partial charge in [0.1, 0.15) is 10.8 Å². The summed E-state index contributed by atoms with van der Waals surface area (Å²) in [6.45, 7) is 4.71. The van der Waals surface area contributed by atoms with Crippen LogP contribution >= 0.6 is 23.1 Å². The van der Waals surface area contributed by atoms with Crippen molar-refractivity contribution < 1.29 is 4.74 Å². The fourth-order valence-corrected chi connectivity index (χ4v) is 3.03.